The molecule has 0 bridgehead atoms. The molecule has 3 rings (SSSR count). The molecule has 1 aliphatic rings. The summed E-state index contributed by atoms with van der Waals surface area (Å²) in [5.41, 5.74) is 3.47. The van der Waals surface area contributed by atoms with Crippen molar-refractivity contribution in [3.63, 3.8) is 0 Å². The number of nitrogens with one attached hydrogen (secondary N) is 1. The molecule has 2 heterocycles. The second kappa shape index (κ2) is 5.87. The van der Waals surface area contributed by atoms with Crippen molar-refractivity contribution < 1.29 is 19.1 Å². The maximum Gasteiger partial charge on any atom is 0.338 e. The first-order chi connectivity index (χ1) is 11.0. The molecule has 1 aromatic heterocycles. The average molecular weight is 314 g/mol. The van der Waals surface area contributed by atoms with Crippen molar-refractivity contribution in [2.45, 2.75) is 26.7 Å². The fourth-order valence-corrected chi connectivity index (χ4v) is 2.79. The number of amides is 2. The molecular weight excluding hydrogens is 296 g/mol. The van der Waals surface area contributed by atoms with Crippen LogP contribution in [0.4, 0.5) is 0 Å². The zero-order valence-electron chi connectivity index (χ0n) is 13.1. The molecule has 2 aromatic rings. The summed E-state index contributed by atoms with van der Waals surface area (Å²) in [4.78, 5) is 39.9. The number of rotatable bonds is 3. The molecule has 0 atom stereocenters. The number of hydrogen-bond acceptors (Lipinski definition) is 4. The van der Waals surface area contributed by atoms with Crippen LogP contribution in [0.1, 0.15) is 34.5 Å². The van der Waals surface area contributed by atoms with Gasteiger partial charge in [-0.05, 0) is 44.0 Å². The number of nitrogens with zero attached hydrogens (tertiary/aromatic N) is 1. The molecule has 6 heteroatoms. The van der Waals surface area contributed by atoms with Gasteiger partial charge in [-0.2, -0.15) is 0 Å². The lowest BCUT2D eigenvalue weighted by molar-refractivity contribution is -0.143. The first-order valence-electron chi connectivity index (χ1n) is 7.56. The van der Waals surface area contributed by atoms with Crippen LogP contribution in [0.5, 0.6) is 0 Å². The Hall–Kier alpha value is -2.63. The van der Waals surface area contributed by atoms with E-state index < -0.39 is 18.5 Å². The van der Waals surface area contributed by atoms with Gasteiger partial charge in [-0.15, -0.1) is 0 Å². The third kappa shape index (κ3) is 2.84. The highest BCUT2D eigenvalue weighted by Crippen LogP contribution is 2.22. The summed E-state index contributed by atoms with van der Waals surface area (Å²) in [6, 6.07) is 5.23. The van der Waals surface area contributed by atoms with E-state index in [4.69, 9.17) is 4.74 Å². The number of fused-ring (bicyclic) bond motifs is 1. The molecule has 1 saturated heterocycles. The molecule has 6 nitrogen and oxygen atoms in total. The normalized spacial score (nSPS) is 14.5. The van der Waals surface area contributed by atoms with E-state index in [2.05, 4.69) is 4.98 Å². The Morgan fingerprint density at radius 2 is 2.09 bits per heavy atom. The van der Waals surface area contributed by atoms with Gasteiger partial charge < -0.3 is 9.72 Å². The zero-order valence-corrected chi connectivity index (χ0v) is 13.1. The van der Waals surface area contributed by atoms with E-state index in [0.29, 0.717) is 24.9 Å². The van der Waals surface area contributed by atoms with Crippen molar-refractivity contribution in [2.75, 3.05) is 13.2 Å². The molecular formula is C17H18N2O4. The van der Waals surface area contributed by atoms with Gasteiger partial charge in [0, 0.05) is 29.6 Å². The van der Waals surface area contributed by atoms with Gasteiger partial charge in [0.15, 0.2) is 6.61 Å². The third-order valence-electron chi connectivity index (χ3n) is 4.25. The van der Waals surface area contributed by atoms with Crippen molar-refractivity contribution in [2.24, 2.45) is 0 Å². The molecule has 1 aliphatic heterocycles. The van der Waals surface area contributed by atoms with Crippen molar-refractivity contribution in [3.05, 3.63) is 35.0 Å². The summed E-state index contributed by atoms with van der Waals surface area (Å²) in [6.07, 6.45) is 1.05. The van der Waals surface area contributed by atoms with Crippen LogP contribution >= 0.6 is 0 Å². The molecule has 1 N–H and O–H groups in total. The minimum absolute atomic E-state index is 0.203. The van der Waals surface area contributed by atoms with E-state index in [1.807, 2.05) is 19.9 Å². The van der Waals surface area contributed by atoms with Crippen molar-refractivity contribution in [3.8, 4) is 0 Å². The summed E-state index contributed by atoms with van der Waals surface area (Å²) in [6.45, 7) is 3.95. The maximum atomic E-state index is 12.1. The Morgan fingerprint density at radius 1 is 1.30 bits per heavy atom. The number of aromatic amines is 1. The van der Waals surface area contributed by atoms with Crippen LogP contribution in [-0.2, 0) is 14.3 Å². The number of aryl methyl sites for hydroxylation is 2. The third-order valence-corrected chi connectivity index (χ3v) is 4.25. The molecule has 0 spiro atoms. The highest BCUT2D eigenvalue weighted by atomic mass is 16.5. The quantitative estimate of drug-likeness (QED) is 0.880. The fourth-order valence-electron chi connectivity index (χ4n) is 2.79. The molecule has 0 aliphatic carbocycles. The summed E-state index contributed by atoms with van der Waals surface area (Å²) in [5, 5.41) is 0.956. The minimum atomic E-state index is -0.565. The van der Waals surface area contributed by atoms with Gasteiger partial charge in [0.05, 0.1) is 5.56 Å². The lowest BCUT2D eigenvalue weighted by atomic mass is 10.1. The number of esters is 1. The average Bonchev–Trinajstić information content (AvgIpc) is 3.08. The van der Waals surface area contributed by atoms with Crippen LogP contribution in [0, 0.1) is 13.8 Å². The largest absolute Gasteiger partial charge is 0.452 e. The smallest absolute Gasteiger partial charge is 0.338 e. The highest BCUT2D eigenvalue weighted by molar-refractivity contribution is 6.00. The van der Waals surface area contributed by atoms with Crippen LogP contribution in [-0.4, -0.2) is 40.8 Å². The van der Waals surface area contributed by atoms with Crippen LogP contribution in [0.15, 0.2) is 18.2 Å². The minimum Gasteiger partial charge on any atom is -0.452 e. The number of likely N-dealkylation sites (tertiary alicyclic amines) is 1. The van der Waals surface area contributed by atoms with Gasteiger partial charge in [0.2, 0.25) is 5.91 Å². The van der Waals surface area contributed by atoms with Gasteiger partial charge in [0.25, 0.3) is 5.91 Å². The van der Waals surface area contributed by atoms with E-state index in [-0.39, 0.29) is 5.91 Å². The molecule has 0 unspecified atom stereocenters. The molecule has 2 amide bonds. The van der Waals surface area contributed by atoms with E-state index in [1.54, 1.807) is 12.1 Å². The van der Waals surface area contributed by atoms with Crippen LogP contribution in [0.2, 0.25) is 0 Å². The number of hydrogen-bond donors (Lipinski definition) is 1. The van der Waals surface area contributed by atoms with Gasteiger partial charge in [-0.3, -0.25) is 14.5 Å². The van der Waals surface area contributed by atoms with Crippen LogP contribution in [0.25, 0.3) is 10.9 Å². The van der Waals surface area contributed by atoms with Gasteiger partial charge >= 0.3 is 5.97 Å². The maximum absolute atomic E-state index is 12.1. The number of carbonyl (C=O) groups is 3. The molecule has 1 fully saturated rings. The standard InChI is InChI=1S/C17H18N2O4/c1-10-11(2)18-14-6-5-12(8-13(10)14)17(22)23-9-16(21)19-7-3-4-15(19)20/h5-6,8,18H,3-4,7,9H2,1-2H3. The first kappa shape index (κ1) is 15.3. The van der Waals surface area contributed by atoms with Crippen LogP contribution < -0.4 is 0 Å². The zero-order chi connectivity index (χ0) is 16.6. The number of benzene rings is 1. The number of aromatic nitrogens is 1. The van der Waals surface area contributed by atoms with Gasteiger partial charge in [0.1, 0.15) is 0 Å². The Balaban J connectivity index is 1.69. The topological polar surface area (TPSA) is 79.5 Å². The first-order valence-corrected chi connectivity index (χ1v) is 7.56. The molecule has 0 radical (unpaired) electrons. The fraction of sp³-hybridized carbons (Fsp3) is 0.353. The number of carbonyl (C=O) groups excluding carboxylic acids is 3. The monoisotopic (exact) mass is 314 g/mol. The second-order valence-corrected chi connectivity index (χ2v) is 5.75. The molecule has 1 aromatic carbocycles. The van der Waals surface area contributed by atoms with E-state index in [1.165, 1.54) is 0 Å². The summed E-state index contributed by atoms with van der Waals surface area (Å²) in [5.74, 6) is -1.23. The SMILES string of the molecule is Cc1[nH]c2ccc(C(=O)OCC(=O)N3CCCC3=O)cc2c1C. The van der Waals surface area contributed by atoms with Crippen molar-refractivity contribution >= 4 is 28.7 Å². The summed E-state index contributed by atoms with van der Waals surface area (Å²) in [7, 11) is 0. The van der Waals surface area contributed by atoms with Gasteiger partial charge in [-0.25, -0.2) is 4.79 Å². The summed E-state index contributed by atoms with van der Waals surface area (Å²) < 4.78 is 5.05. The van der Waals surface area contributed by atoms with Crippen molar-refractivity contribution in [1.82, 2.24) is 9.88 Å². The number of ether oxygens (including phenoxy) is 1. The van der Waals surface area contributed by atoms with Gasteiger partial charge in [-0.1, -0.05) is 0 Å². The molecule has 23 heavy (non-hydrogen) atoms. The van der Waals surface area contributed by atoms with E-state index >= 15 is 0 Å². The Bertz CT molecular complexity index is 806. The van der Waals surface area contributed by atoms with Crippen LogP contribution in [0.3, 0.4) is 0 Å². The predicted molar refractivity (Wildman–Crippen MR) is 84.0 cm³/mol. The predicted octanol–water partition coefficient (Wildman–Crippen LogP) is 2.09. The Morgan fingerprint density at radius 3 is 2.78 bits per heavy atom. The van der Waals surface area contributed by atoms with E-state index in [9.17, 15) is 14.4 Å². The number of H-pyrrole nitrogens is 1. The molecule has 120 valence electrons. The second-order valence-electron chi connectivity index (χ2n) is 5.75. The Labute approximate surface area is 133 Å². The molecule has 0 saturated carbocycles. The number of imide groups is 1. The van der Waals surface area contributed by atoms with Crippen molar-refractivity contribution in [1.29, 1.82) is 0 Å². The Kier molecular flexibility index (Phi) is 3.90. The lowest BCUT2D eigenvalue weighted by Crippen LogP contribution is -2.35. The van der Waals surface area contributed by atoms with E-state index in [0.717, 1.165) is 27.1 Å². The lowest BCUT2D eigenvalue weighted by Gasteiger charge is -2.13. The summed E-state index contributed by atoms with van der Waals surface area (Å²) >= 11 is 0. The highest BCUT2D eigenvalue weighted by Gasteiger charge is 2.27.